The number of hydrogen-bond acceptors (Lipinski definition) is 2. The van der Waals surface area contributed by atoms with Crippen LogP contribution in [0, 0.1) is 5.92 Å². The van der Waals surface area contributed by atoms with Crippen molar-refractivity contribution in [2.75, 3.05) is 6.61 Å². The van der Waals surface area contributed by atoms with Gasteiger partial charge in [-0.3, -0.25) is 0 Å². The van der Waals surface area contributed by atoms with Gasteiger partial charge in [-0.2, -0.15) is 0 Å². The van der Waals surface area contributed by atoms with E-state index in [4.69, 9.17) is 9.47 Å². The first-order chi connectivity index (χ1) is 6.24. The highest BCUT2D eigenvalue weighted by molar-refractivity contribution is 4.76. The van der Waals surface area contributed by atoms with Gasteiger partial charge in [-0.25, -0.2) is 0 Å². The van der Waals surface area contributed by atoms with Gasteiger partial charge in [0.05, 0.1) is 0 Å². The van der Waals surface area contributed by atoms with Crippen molar-refractivity contribution in [2.45, 2.75) is 58.8 Å². The second-order valence-corrected chi connectivity index (χ2v) is 4.24. The average Bonchev–Trinajstić information content (AvgIpc) is 2.80. The molecule has 1 heterocycles. The van der Waals surface area contributed by atoms with Gasteiger partial charge in [0, 0.05) is 6.61 Å². The van der Waals surface area contributed by atoms with Crippen LogP contribution in [0.5, 0.6) is 0 Å². The minimum Gasteiger partial charge on any atom is -0.350 e. The molecule has 0 aromatic carbocycles. The van der Waals surface area contributed by atoms with Crippen molar-refractivity contribution in [3.8, 4) is 0 Å². The molecular weight excluding hydrogens is 164 g/mol. The zero-order valence-electron chi connectivity index (χ0n) is 9.08. The Morgan fingerprint density at radius 3 is 2.77 bits per heavy atom. The van der Waals surface area contributed by atoms with Gasteiger partial charge in [-0.05, 0) is 18.8 Å². The normalized spacial score (nSPS) is 26.8. The number of hydrogen-bond donors (Lipinski definition) is 0. The summed E-state index contributed by atoms with van der Waals surface area (Å²) in [5, 5.41) is 0. The highest BCUT2D eigenvalue weighted by Gasteiger charge is 2.38. The summed E-state index contributed by atoms with van der Waals surface area (Å²) in [6.45, 7) is 7.49. The Labute approximate surface area is 81.6 Å². The van der Waals surface area contributed by atoms with Gasteiger partial charge in [-0.1, -0.05) is 33.6 Å². The van der Waals surface area contributed by atoms with Crippen LogP contribution in [0.2, 0.25) is 0 Å². The molecule has 0 aromatic heterocycles. The number of rotatable bonds is 7. The van der Waals surface area contributed by atoms with Crippen LogP contribution in [0.3, 0.4) is 0 Å². The van der Waals surface area contributed by atoms with Crippen LogP contribution in [-0.4, -0.2) is 19.0 Å². The van der Waals surface area contributed by atoms with Gasteiger partial charge in [0.1, 0.15) is 6.10 Å². The molecule has 2 nitrogen and oxygen atoms in total. The van der Waals surface area contributed by atoms with E-state index in [0.717, 1.165) is 18.9 Å². The lowest BCUT2D eigenvalue weighted by molar-refractivity contribution is 0.0507. The molecule has 2 atom stereocenters. The molecule has 0 radical (unpaired) electrons. The SMILES string of the molecule is CCCOC1OC1CCCC(C)C. The zero-order chi connectivity index (χ0) is 9.68. The van der Waals surface area contributed by atoms with E-state index in [9.17, 15) is 0 Å². The molecule has 0 amide bonds. The maximum Gasteiger partial charge on any atom is 0.184 e. The summed E-state index contributed by atoms with van der Waals surface area (Å²) in [7, 11) is 0. The smallest absolute Gasteiger partial charge is 0.184 e. The first kappa shape index (κ1) is 11.0. The quantitative estimate of drug-likeness (QED) is 0.570. The van der Waals surface area contributed by atoms with Gasteiger partial charge in [0.15, 0.2) is 6.29 Å². The minimum atomic E-state index is 0.132. The fraction of sp³-hybridized carbons (Fsp3) is 1.00. The Morgan fingerprint density at radius 1 is 1.38 bits per heavy atom. The molecule has 2 unspecified atom stereocenters. The van der Waals surface area contributed by atoms with Gasteiger partial charge >= 0.3 is 0 Å². The summed E-state index contributed by atoms with van der Waals surface area (Å²) in [5.74, 6) is 0.814. The van der Waals surface area contributed by atoms with E-state index in [1.165, 1.54) is 19.3 Å². The maximum atomic E-state index is 5.45. The van der Waals surface area contributed by atoms with Crippen LogP contribution < -0.4 is 0 Å². The molecule has 13 heavy (non-hydrogen) atoms. The molecule has 78 valence electrons. The first-order valence-electron chi connectivity index (χ1n) is 5.51. The number of ether oxygens (including phenoxy) is 2. The number of epoxide rings is 1. The molecule has 1 aliphatic rings. The fourth-order valence-corrected chi connectivity index (χ4v) is 1.44. The van der Waals surface area contributed by atoms with Crippen LogP contribution in [0.25, 0.3) is 0 Å². The molecule has 0 saturated carbocycles. The van der Waals surface area contributed by atoms with E-state index in [1.807, 2.05) is 0 Å². The van der Waals surface area contributed by atoms with Crippen LogP contribution in [-0.2, 0) is 9.47 Å². The largest absolute Gasteiger partial charge is 0.350 e. The lowest BCUT2D eigenvalue weighted by atomic mass is 10.1. The Balaban J connectivity index is 1.89. The molecule has 0 N–H and O–H groups in total. The third-order valence-electron chi connectivity index (χ3n) is 2.29. The van der Waals surface area contributed by atoms with E-state index in [2.05, 4.69) is 20.8 Å². The molecule has 0 spiro atoms. The maximum absolute atomic E-state index is 5.45. The Kier molecular flexibility index (Phi) is 4.74. The van der Waals surface area contributed by atoms with Crippen LogP contribution >= 0.6 is 0 Å². The van der Waals surface area contributed by atoms with Crippen molar-refractivity contribution < 1.29 is 9.47 Å². The molecule has 1 saturated heterocycles. The third kappa shape index (κ3) is 4.63. The van der Waals surface area contributed by atoms with Crippen LogP contribution in [0.15, 0.2) is 0 Å². The van der Waals surface area contributed by atoms with E-state index in [0.29, 0.717) is 6.10 Å². The van der Waals surface area contributed by atoms with Crippen LogP contribution in [0.4, 0.5) is 0 Å². The summed E-state index contributed by atoms with van der Waals surface area (Å²) >= 11 is 0. The average molecular weight is 186 g/mol. The fourth-order valence-electron chi connectivity index (χ4n) is 1.44. The summed E-state index contributed by atoms with van der Waals surface area (Å²) < 4.78 is 10.8. The third-order valence-corrected chi connectivity index (χ3v) is 2.29. The van der Waals surface area contributed by atoms with Gasteiger partial charge < -0.3 is 9.47 Å². The topological polar surface area (TPSA) is 21.8 Å². The first-order valence-corrected chi connectivity index (χ1v) is 5.51. The van der Waals surface area contributed by atoms with E-state index < -0.39 is 0 Å². The molecule has 2 heteroatoms. The summed E-state index contributed by atoms with van der Waals surface area (Å²) in [5.41, 5.74) is 0. The second kappa shape index (κ2) is 5.61. The predicted molar refractivity (Wildman–Crippen MR) is 53.6 cm³/mol. The molecule has 1 rings (SSSR count). The van der Waals surface area contributed by atoms with Crippen LogP contribution in [0.1, 0.15) is 46.5 Å². The monoisotopic (exact) mass is 186 g/mol. The van der Waals surface area contributed by atoms with Crippen molar-refractivity contribution in [2.24, 2.45) is 5.92 Å². The van der Waals surface area contributed by atoms with Crippen molar-refractivity contribution in [1.29, 1.82) is 0 Å². The van der Waals surface area contributed by atoms with E-state index in [-0.39, 0.29) is 6.29 Å². The van der Waals surface area contributed by atoms with Crippen molar-refractivity contribution in [3.05, 3.63) is 0 Å². The van der Waals surface area contributed by atoms with Gasteiger partial charge in [0.25, 0.3) is 0 Å². The second-order valence-electron chi connectivity index (χ2n) is 4.24. The minimum absolute atomic E-state index is 0.132. The Bertz CT molecular complexity index is 134. The Hall–Kier alpha value is -0.0800. The van der Waals surface area contributed by atoms with Crippen molar-refractivity contribution >= 4 is 0 Å². The lowest BCUT2D eigenvalue weighted by Gasteiger charge is -2.01. The summed E-state index contributed by atoms with van der Waals surface area (Å²) in [4.78, 5) is 0. The van der Waals surface area contributed by atoms with Crippen molar-refractivity contribution in [3.63, 3.8) is 0 Å². The molecule has 0 aliphatic carbocycles. The highest BCUT2D eigenvalue weighted by atomic mass is 16.8. The molecule has 0 bridgehead atoms. The molecule has 1 aliphatic heterocycles. The van der Waals surface area contributed by atoms with Gasteiger partial charge in [-0.15, -0.1) is 0 Å². The Morgan fingerprint density at radius 2 is 2.15 bits per heavy atom. The van der Waals surface area contributed by atoms with E-state index >= 15 is 0 Å². The van der Waals surface area contributed by atoms with E-state index in [1.54, 1.807) is 0 Å². The highest BCUT2D eigenvalue weighted by Crippen LogP contribution is 2.28. The molecule has 1 fully saturated rings. The summed E-state index contributed by atoms with van der Waals surface area (Å²) in [6.07, 6.45) is 5.37. The molecular formula is C11H22O2. The summed E-state index contributed by atoms with van der Waals surface area (Å²) in [6, 6.07) is 0. The zero-order valence-corrected chi connectivity index (χ0v) is 9.08. The van der Waals surface area contributed by atoms with Gasteiger partial charge in [0.2, 0.25) is 0 Å². The standard InChI is InChI=1S/C11H22O2/c1-4-8-12-11-10(13-11)7-5-6-9(2)3/h9-11H,4-8H2,1-3H3. The lowest BCUT2D eigenvalue weighted by Crippen LogP contribution is -2.01. The molecule has 0 aromatic rings. The van der Waals surface area contributed by atoms with Crippen molar-refractivity contribution in [1.82, 2.24) is 0 Å². The predicted octanol–water partition coefficient (Wildman–Crippen LogP) is 2.96.